The van der Waals surface area contributed by atoms with Crippen molar-refractivity contribution in [3.05, 3.63) is 71.3 Å². The lowest BCUT2D eigenvalue weighted by atomic mass is 10.0. The first-order chi connectivity index (χ1) is 8.79. The van der Waals surface area contributed by atoms with Gasteiger partial charge in [0.05, 0.1) is 0 Å². The lowest BCUT2D eigenvalue weighted by molar-refractivity contribution is 0.541. The summed E-state index contributed by atoms with van der Waals surface area (Å²) < 4.78 is 0. The summed E-state index contributed by atoms with van der Waals surface area (Å²) in [5.74, 6) is 0. The molecule has 2 aromatic rings. The smallest absolute Gasteiger partial charge is 0.0447 e. The summed E-state index contributed by atoms with van der Waals surface area (Å²) in [6.45, 7) is 3.56. The monoisotopic (exact) mass is 240 g/mol. The Morgan fingerprint density at radius 1 is 1.06 bits per heavy atom. The summed E-state index contributed by atoms with van der Waals surface area (Å²) in [5.41, 5.74) is 9.67. The Kier molecular flexibility index (Phi) is 4.51. The van der Waals surface area contributed by atoms with Crippen LogP contribution in [0.25, 0.3) is 0 Å². The summed E-state index contributed by atoms with van der Waals surface area (Å²) >= 11 is 0. The first-order valence-electron chi connectivity index (χ1n) is 6.33. The molecule has 2 nitrogen and oxygen atoms in total. The minimum atomic E-state index is 0.213. The quantitative estimate of drug-likeness (QED) is 0.843. The van der Waals surface area contributed by atoms with Crippen LogP contribution < -0.4 is 11.1 Å². The molecule has 2 heteroatoms. The zero-order chi connectivity index (χ0) is 12.8. The van der Waals surface area contributed by atoms with E-state index in [-0.39, 0.29) is 6.04 Å². The Labute approximate surface area is 109 Å². The lowest BCUT2D eigenvalue weighted by Gasteiger charge is -2.18. The van der Waals surface area contributed by atoms with Crippen molar-refractivity contribution in [1.82, 2.24) is 5.32 Å². The second-order valence-electron chi connectivity index (χ2n) is 4.57. The topological polar surface area (TPSA) is 38.0 Å². The SMILES string of the molecule is Cc1cccc(C(CN)NCc2ccccc2)c1. The highest BCUT2D eigenvalue weighted by molar-refractivity contribution is 5.25. The molecule has 2 aromatic carbocycles. The number of benzene rings is 2. The fourth-order valence-corrected chi connectivity index (χ4v) is 2.06. The van der Waals surface area contributed by atoms with Gasteiger partial charge < -0.3 is 11.1 Å². The standard InChI is InChI=1S/C16H20N2/c1-13-6-5-9-15(10-13)16(11-17)18-12-14-7-3-2-4-8-14/h2-10,16,18H,11-12,17H2,1H3. The van der Waals surface area contributed by atoms with Crippen LogP contribution in [-0.4, -0.2) is 6.54 Å². The average Bonchev–Trinajstić information content (AvgIpc) is 2.41. The molecule has 0 radical (unpaired) electrons. The van der Waals surface area contributed by atoms with E-state index in [0.717, 1.165) is 6.54 Å². The van der Waals surface area contributed by atoms with Crippen molar-refractivity contribution in [1.29, 1.82) is 0 Å². The highest BCUT2D eigenvalue weighted by atomic mass is 14.9. The zero-order valence-corrected chi connectivity index (χ0v) is 10.8. The van der Waals surface area contributed by atoms with Gasteiger partial charge in [-0.1, -0.05) is 60.2 Å². The van der Waals surface area contributed by atoms with Crippen LogP contribution in [0.3, 0.4) is 0 Å². The van der Waals surface area contributed by atoms with Crippen molar-refractivity contribution >= 4 is 0 Å². The second kappa shape index (κ2) is 6.34. The first kappa shape index (κ1) is 12.8. The third-order valence-electron chi connectivity index (χ3n) is 3.08. The minimum absolute atomic E-state index is 0.213. The van der Waals surface area contributed by atoms with E-state index >= 15 is 0 Å². The Bertz CT molecular complexity index is 479. The third-order valence-corrected chi connectivity index (χ3v) is 3.08. The van der Waals surface area contributed by atoms with Gasteiger partial charge in [0, 0.05) is 19.1 Å². The first-order valence-corrected chi connectivity index (χ1v) is 6.33. The van der Waals surface area contributed by atoms with Crippen LogP contribution in [0.1, 0.15) is 22.7 Å². The molecule has 0 fully saturated rings. The number of aryl methyl sites for hydroxylation is 1. The molecule has 3 N–H and O–H groups in total. The van der Waals surface area contributed by atoms with Gasteiger partial charge in [-0.3, -0.25) is 0 Å². The predicted molar refractivity (Wildman–Crippen MR) is 76.3 cm³/mol. The largest absolute Gasteiger partial charge is 0.329 e. The van der Waals surface area contributed by atoms with Crippen molar-refractivity contribution in [2.75, 3.05) is 6.54 Å². The van der Waals surface area contributed by atoms with E-state index in [1.807, 2.05) is 6.07 Å². The van der Waals surface area contributed by atoms with E-state index in [0.29, 0.717) is 6.54 Å². The van der Waals surface area contributed by atoms with Crippen LogP contribution in [0.15, 0.2) is 54.6 Å². The molecule has 0 aliphatic rings. The van der Waals surface area contributed by atoms with Crippen molar-refractivity contribution in [3.63, 3.8) is 0 Å². The number of hydrogen-bond acceptors (Lipinski definition) is 2. The molecule has 2 rings (SSSR count). The van der Waals surface area contributed by atoms with Gasteiger partial charge in [0.15, 0.2) is 0 Å². The van der Waals surface area contributed by atoms with Crippen LogP contribution in [-0.2, 0) is 6.54 Å². The summed E-state index contributed by atoms with van der Waals surface area (Å²) in [6, 6.07) is 19.1. The van der Waals surface area contributed by atoms with Gasteiger partial charge in [0.25, 0.3) is 0 Å². The van der Waals surface area contributed by atoms with Gasteiger partial charge in [0.1, 0.15) is 0 Å². The van der Waals surface area contributed by atoms with Gasteiger partial charge in [-0.25, -0.2) is 0 Å². The van der Waals surface area contributed by atoms with E-state index in [1.165, 1.54) is 16.7 Å². The fourth-order valence-electron chi connectivity index (χ4n) is 2.06. The molecule has 0 aliphatic heterocycles. The summed E-state index contributed by atoms with van der Waals surface area (Å²) in [5, 5.41) is 3.50. The van der Waals surface area contributed by atoms with Gasteiger partial charge in [-0.2, -0.15) is 0 Å². The van der Waals surface area contributed by atoms with Crippen LogP contribution in [0, 0.1) is 6.92 Å². The molecule has 94 valence electrons. The van der Waals surface area contributed by atoms with Gasteiger partial charge in [-0.15, -0.1) is 0 Å². The summed E-state index contributed by atoms with van der Waals surface area (Å²) in [7, 11) is 0. The average molecular weight is 240 g/mol. The molecule has 0 heterocycles. The molecule has 0 aromatic heterocycles. The molecule has 0 spiro atoms. The summed E-state index contributed by atoms with van der Waals surface area (Å²) in [6.07, 6.45) is 0. The molecule has 0 saturated carbocycles. The van der Waals surface area contributed by atoms with E-state index in [2.05, 4.69) is 60.8 Å². The van der Waals surface area contributed by atoms with E-state index in [4.69, 9.17) is 5.73 Å². The molecule has 0 amide bonds. The van der Waals surface area contributed by atoms with Crippen LogP contribution >= 0.6 is 0 Å². The maximum absolute atomic E-state index is 5.86. The lowest BCUT2D eigenvalue weighted by Crippen LogP contribution is -2.27. The highest BCUT2D eigenvalue weighted by Gasteiger charge is 2.08. The Hall–Kier alpha value is -1.64. The van der Waals surface area contributed by atoms with Crippen molar-refractivity contribution in [3.8, 4) is 0 Å². The highest BCUT2D eigenvalue weighted by Crippen LogP contribution is 2.14. The number of rotatable bonds is 5. The van der Waals surface area contributed by atoms with Gasteiger partial charge in [0.2, 0.25) is 0 Å². The molecule has 0 aliphatic carbocycles. The van der Waals surface area contributed by atoms with Gasteiger partial charge >= 0.3 is 0 Å². The number of nitrogens with two attached hydrogens (primary N) is 1. The molecule has 1 atom stereocenters. The number of hydrogen-bond donors (Lipinski definition) is 2. The fraction of sp³-hybridized carbons (Fsp3) is 0.250. The Morgan fingerprint density at radius 3 is 2.50 bits per heavy atom. The zero-order valence-electron chi connectivity index (χ0n) is 10.8. The normalized spacial score (nSPS) is 12.3. The molecule has 1 unspecified atom stereocenters. The Balaban J connectivity index is 2.02. The summed E-state index contributed by atoms with van der Waals surface area (Å²) in [4.78, 5) is 0. The van der Waals surface area contributed by atoms with E-state index in [9.17, 15) is 0 Å². The minimum Gasteiger partial charge on any atom is -0.329 e. The second-order valence-corrected chi connectivity index (χ2v) is 4.57. The van der Waals surface area contributed by atoms with Crippen LogP contribution in [0.2, 0.25) is 0 Å². The molecule has 0 bridgehead atoms. The molecular weight excluding hydrogens is 220 g/mol. The maximum Gasteiger partial charge on any atom is 0.0447 e. The van der Waals surface area contributed by atoms with Gasteiger partial charge in [-0.05, 0) is 18.1 Å². The Morgan fingerprint density at radius 2 is 1.83 bits per heavy atom. The number of nitrogens with one attached hydrogen (secondary N) is 1. The molecular formula is C16H20N2. The van der Waals surface area contributed by atoms with Crippen molar-refractivity contribution in [2.45, 2.75) is 19.5 Å². The van der Waals surface area contributed by atoms with Crippen molar-refractivity contribution < 1.29 is 0 Å². The van der Waals surface area contributed by atoms with E-state index < -0.39 is 0 Å². The predicted octanol–water partition coefficient (Wildman–Crippen LogP) is 2.78. The van der Waals surface area contributed by atoms with Crippen LogP contribution in [0.4, 0.5) is 0 Å². The van der Waals surface area contributed by atoms with E-state index in [1.54, 1.807) is 0 Å². The van der Waals surface area contributed by atoms with Crippen LogP contribution in [0.5, 0.6) is 0 Å². The van der Waals surface area contributed by atoms with Crippen molar-refractivity contribution in [2.24, 2.45) is 5.73 Å². The third kappa shape index (κ3) is 3.42. The molecule has 0 saturated heterocycles. The molecule has 18 heavy (non-hydrogen) atoms. The maximum atomic E-state index is 5.86.